The van der Waals surface area contributed by atoms with E-state index in [2.05, 4.69) is 0 Å². The number of nitrogens with zero attached hydrogens (tertiary/aromatic N) is 1. The highest BCUT2D eigenvalue weighted by Gasteiger charge is 2.21. The zero-order valence-corrected chi connectivity index (χ0v) is 11.5. The first-order valence-corrected chi connectivity index (χ1v) is 6.98. The summed E-state index contributed by atoms with van der Waals surface area (Å²) >= 11 is 0. The lowest BCUT2D eigenvalue weighted by Gasteiger charge is -2.26. The zero-order valence-electron chi connectivity index (χ0n) is 11.5. The first kappa shape index (κ1) is 13.9. The topological polar surface area (TPSA) is 55.6 Å². The molecule has 1 aliphatic heterocycles. The van der Waals surface area contributed by atoms with Gasteiger partial charge in [-0.05, 0) is 50.5 Å². The molecular weight excluding hydrogens is 240 g/mol. The number of ether oxygens (including phenoxy) is 1. The molecule has 0 saturated carbocycles. The lowest BCUT2D eigenvalue weighted by molar-refractivity contribution is -0.122. The summed E-state index contributed by atoms with van der Waals surface area (Å²) in [5.41, 5.74) is 7.28. The molecular formula is C15H22N2O2. The van der Waals surface area contributed by atoms with Gasteiger partial charge in [0.15, 0.2) is 0 Å². The number of carbonyl (C=O) groups excluding carboxylic acids is 1. The van der Waals surface area contributed by atoms with E-state index in [0.29, 0.717) is 18.7 Å². The van der Waals surface area contributed by atoms with Crippen molar-refractivity contribution in [3.05, 3.63) is 24.3 Å². The summed E-state index contributed by atoms with van der Waals surface area (Å²) in [6, 6.07) is 7.42. The van der Waals surface area contributed by atoms with Gasteiger partial charge in [-0.2, -0.15) is 0 Å². The van der Waals surface area contributed by atoms with E-state index in [1.165, 1.54) is 0 Å². The Morgan fingerprint density at radius 3 is 2.68 bits per heavy atom. The van der Waals surface area contributed by atoms with Gasteiger partial charge in [-0.1, -0.05) is 0 Å². The molecule has 0 bridgehead atoms. The Morgan fingerprint density at radius 2 is 2.11 bits per heavy atom. The first-order valence-electron chi connectivity index (χ1n) is 6.98. The summed E-state index contributed by atoms with van der Waals surface area (Å²) < 4.78 is 5.63. The van der Waals surface area contributed by atoms with Crippen LogP contribution in [0.4, 0.5) is 11.4 Å². The Hall–Kier alpha value is -1.55. The summed E-state index contributed by atoms with van der Waals surface area (Å²) in [7, 11) is 0. The molecule has 1 aromatic carbocycles. The Balaban J connectivity index is 2.00. The molecule has 4 nitrogen and oxygen atoms in total. The fraction of sp³-hybridized carbons (Fsp3) is 0.533. The molecule has 19 heavy (non-hydrogen) atoms. The third kappa shape index (κ3) is 3.70. The fourth-order valence-electron chi connectivity index (χ4n) is 2.43. The average Bonchev–Trinajstić information content (AvgIpc) is 2.43. The highest BCUT2D eigenvalue weighted by atomic mass is 16.5. The summed E-state index contributed by atoms with van der Waals surface area (Å²) in [6.07, 6.45) is 3.82. The van der Waals surface area contributed by atoms with Crippen LogP contribution >= 0.6 is 0 Å². The van der Waals surface area contributed by atoms with Crippen LogP contribution in [0.1, 0.15) is 32.6 Å². The predicted molar refractivity (Wildman–Crippen MR) is 77.1 cm³/mol. The number of rotatable bonds is 4. The maximum atomic E-state index is 12.3. The lowest BCUT2D eigenvalue weighted by atomic mass is 10.1. The van der Waals surface area contributed by atoms with Crippen LogP contribution in [0.3, 0.4) is 0 Å². The van der Waals surface area contributed by atoms with Gasteiger partial charge in [-0.15, -0.1) is 0 Å². The number of amides is 1. The van der Waals surface area contributed by atoms with Gasteiger partial charge in [0.05, 0.1) is 12.5 Å². The van der Waals surface area contributed by atoms with Crippen molar-refractivity contribution in [2.75, 3.05) is 23.8 Å². The molecule has 0 aliphatic carbocycles. The summed E-state index contributed by atoms with van der Waals surface area (Å²) in [4.78, 5) is 14.1. The molecule has 1 unspecified atom stereocenters. The van der Waals surface area contributed by atoms with E-state index in [-0.39, 0.29) is 12.0 Å². The minimum Gasteiger partial charge on any atom is -0.399 e. The van der Waals surface area contributed by atoms with E-state index < -0.39 is 0 Å². The number of nitrogens with two attached hydrogens (primary N) is 1. The predicted octanol–water partition coefficient (Wildman–Crippen LogP) is 2.58. The van der Waals surface area contributed by atoms with Crippen LogP contribution in [0.5, 0.6) is 0 Å². The number of hydrogen-bond acceptors (Lipinski definition) is 3. The molecule has 2 rings (SSSR count). The molecule has 4 heteroatoms. The maximum Gasteiger partial charge on any atom is 0.229 e. The number of anilines is 2. The molecule has 104 valence electrons. The Bertz CT molecular complexity index is 411. The van der Waals surface area contributed by atoms with Crippen molar-refractivity contribution in [1.82, 2.24) is 0 Å². The molecule has 2 N–H and O–H groups in total. The molecule has 0 aromatic heterocycles. The van der Waals surface area contributed by atoms with Crippen LogP contribution < -0.4 is 10.6 Å². The third-order valence-electron chi connectivity index (χ3n) is 3.50. The largest absolute Gasteiger partial charge is 0.399 e. The SMILES string of the molecule is CCN(C(=O)CC1CCCCO1)c1ccc(N)cc1. The Kier molecular flexibility index (Phi) is 4.80. The van der Waals surface area contributed by atoms with Crippen LogP contribution in [-0.2, 0) is 9.53 Å². The first-order chi connectivity index (χ1) is 9.20. The number of hydrogen-bond donors (Lipinski definition) is 1. The van der Waals surface area contributed by atoms with Crippen molar-refractivity contribution in [3.8, 4) is 0 Å². The van der Waals surface area contributed by atoms with E-state index in [1.54, 1.807) is 4.90 Å². The molecule has 1 aromatic rings. The van der Waals surface area contributed by atoms with Crippen LogP contribution in [0, 0.1) is 0 Å². The minimum atomic E-state index is 0.0871. The van der Waals surface area contributed by atoms with Gasteiger partial charge in [0.25, 0.3) is 0 Å². The number of benzene rings is 1. The number of nitrogen functional groups attached to an aromatic ring is 1. The van der Waals surface area contributed by atoms with Gasteiger partial charge in [0.1, 0.15) is 0 Å². The van der Waals surface area contributed by atoms with Crippen molar-refractivity contribution in [1.29, 1.82) is 0 Å². The summed E-state index contributed by atoms with van der Waals surface area (Å²) in [6.45, 7) is 3.43. The third-order valence-corrected chi connectivity index (χ3v) is 3.50. The molecule has 0 radical (unpaired) electrons. The van der Waals surface area contributed by atoms with Crippen LogP contribution in [0.15, 0.2) is 24.3 Å². The lowest BCUT2D eigenvalue weighted by Crippen LogP contribution is -2.34. The second kappa shape index (κ2) is 6.57. The second-order valence-corrected chi connectivity index (χ2v) is 4.92. The molecule has 1 atom stereocenters. The van der Waals surface area contributed by atoms with Gasteiger partial charge in [0.2, 0.25) is 5.91 Å². The molecule has 0 spiro atoms. The van der Waals surface area contributed by atoms with Crippen LogP contribution in [0.25, 0.3) is 0 Å². The van der Waals surface area contributed by atoms with Crippen molar-refractivity contribution in [2.45, 2.75) is 38.7 Å². The molecule has 1 saturated heterocycles. The highest BCUT2D eigenvalue weighted by Crippen LogP contribution is 2.21. The monoisotopic (exact) mass is 262 g/mol. The molecule has 1 aliphatic rings. The molecule has 1 heterocycles. The van der Waals surface area contributed by atoms with Crippen molar-refractivity contribution in [2.24, 2.45) is 0 Å². The van der Waals surface area contributed by atoms with E-state index in [4.69, 9.17) is 10.5 Å². The van der Waals surface area contributed by atoms with Crippen LogP contribution in [0.2, 0.25) is 0 Å². The summed E-state index contributed by atoms with van der Waals surface area (Å²) in [5.74, 6) is 0.124. The van der Waals surface area contributed by atoms with E-state index in [0.717, 1.165) is 31.6 Å². The fourth-order valence-corrected chi connectivity index (χ4v) is 2.43. The van der Waals surface area contributed by atoms with Crippen molar-refractivity contribution in [3.63, 3.8) is 0 Å². The number of carbonyl (C=O) groups is 1. The van der Waals surface area contributed by atoms with Gasteiger partial charge < -0.3 is 15.4 Å². The maximum absolute atomic E-state index is 12.3. The second-order valence-electron chi connectivity index (χ2n) is 4.92. The smallest absolute Gasteiger partial charge is 0.229 e. The Labute approximate surface area is 114 Å². The van der Waals surface area contributed by atoms with E-state index in [9.17, 15) is 4.79 Å². The minimum absolute atomic E-state index is 0.0871. The van der Waals surface area contributed by atoms with Gasteiger partial charge >= 0.3 is 0 Å². The summed E-state index contributed by atoms with van der Waals surface area (Å²) in [5, 5.41) is 0. The van der Waals surface area contributed by atoms with Gasteiger partial charge in [-0.3, -0.25) is 4.79 Å². The standard InChI is InChI=1S/C15H22N2O2/c1-2-17(13-8-6-12(16)7-9-13)15(18)11-14-5-3-4-10-19-14/h6-9,14H,2-5,10-11,16H2,1H3. The van der Waals surface area contributed by atoms with E-state index >= 15 is 0 Å². The Morgan fingerprint density at radius 1 is 1.37 bits per heavy atom. The van der Waals surface area contributed by atoms with Gasteiger partial charge in [0, 0.05) is 24.5 Å². The zero-order chi connectivity index (χ0) is 13.7. The average molecular weight is 262 g/mol. The molecule has 1 amide bonds. The quantitative estimate of drug-likeness (QED) is 0.848. The molecule has 1 fully saturated rings. The normalized spacial score (nSPS) is 19.1. The van der Waals surface area contributed by atoms with Crippen molar-refractivity contribution >= 4 is 17.3 Å². The van der Waals surface area contributed by atoms with Gasteiger partial charge in [-0.25, -0.2) is 0 Å². The van der Waals surface area contributed by atoms with Crippen LogP contribution in [-0.4, -0.2) is 25.2 Å². The van der Waals surface area contributed by atoms with E-state index in [1.807, 2.05) is 31.2 Å². The van der Waals surface area contributed by atoms with Crippen molar-refractivity contribution < 1.29 is 9.53 Å². The highest BCUT2D eigenvalue weighted by molar-refractivity contribution is 5.93.